The largest absolute Gasteiger partial charge is 0.507 e. The molecule has 0 spiro atoms. The highest BCUT2D eigenvalue weighted by Gasteiger charge is 2.12. The molecule has 0 aliphatic heterocycles. The van der Waals surface area contributed by atoms with Gasteiger partial charge in [-0.2, -0.15) is 0 Å². The van der Waals surface area contributed by atoms with Crippen LogP contribution >= 0.6 is 0 Å². The highest BCUT2D eigenvalue weighted by molar-refractivity contribution is 6.24. The molecule has 2 heteroatoms. The summed E-state index contributed by atoms with van der Waals surface area (Å²) in [6.45, 7) is 0.0236. The van der Waals surface area contributed by atoms with Crippen molar-refractivity contribution in [1.82, 2.24) is 0 Å². The molecule has 0 saturated heterocycles. The average molecular weight is 248 g/mol. The number of phenols is 1. The summed E-state index contributed by atoms with van der Waals surface area (Å²) >= 11 is 0. The maximum atomic E-state index is 10.0. The molecule has 0 unspecified atom stereocenters. The van der Waals surface area contributed by atoms with Crippen LogP contribution in [0.5, 0.6) is 5.75 Å². The Kier molecular flexibility index (Phi) is 2.00. The minimum absolute atomic E-state index is 0.0236. The van der Waals surface area contributed by atoms with E-state index in [-0.39, 0.29) is 6.61 Å². The minimum atomic E-state index is 0.0236. The van der Waals surface area contributed by atoms with Gasteiger partial charge in [0.25, 0.3) is 0 Å². The Balaban J connectivity index is 2.42. The van der Waals surface area contributed by atoms with Crippen LogP contribution in [0.25, 0.3) is 32.3 Å². The topological polar surface area (TPSA) is 40.5 Å². The lowest BCUT2D eigenvalue weighted by molar-refractivity contribution is 0.283. The minimum Gasteiger partial charge on any atom is -0.507 e. The van der Waals surface area contributed by atoms with E-state index in [0.717, 1.165) is 37.9 Å². The lowest BCUT2D eigenvalue weighted by atomic mass is 9.91. The summed E-state index contributed by atoms with van der Waals surface area (Å²) in [5.41, 5.74) is 0.927. The predicted octanol–water partition coefficient (Wildman–Crippen LogP) is 3.78. The van der Waals surface area contributed by atoms with Gasteiger partial charge in [0.2, 0.25) is 0 Å². The Morgan fingerprint density at radius 3 is 2.42 bits per heavy atom. The number of rotatable bonds is 1. The van der Waals surface area contributed by atoms with Crippen LogP contribution in [0.3, 0.4) is 0 Å². The van der Waals surface area contributed by atoms with E-state index >= 15 is 0 Å². The number of aliphatic hydroxyl groups is 1. The monoisotopic (exact) mass is 248 g/mol. The average Bonchev–Trinajstić information content (AvgIpc) is 2.46. The van der Waals surface area contributed by atoms with Crippen molar-refractivity contribution >= 4 is 32.3 Å². The SMILES string of the molecule is OCc1cc2ccc(O)c3ccc4cccc1c4c23. The zero-order valence-electron chi connectivity index (χ0n) is 10.2. The zero-order chi connectivity index (χ0) is 13.0. The van der Waals surface area contributed by atoms with Crippen LogP contribution in [-0.4, -0.2) is 10.2 Å². The van der Waals surface area contributed by atoms with E-state index in [0.29, 0.717) is 5.75 Å². The molecule has 0 bridgehead atoms. The molecule has 19 heavy (non-hydrogen) atoms. The van der Waals surface area contributed by atoms with Crippen LogP contribution in [0.2, 0.25) is 0 Å². The molecule has 0 aromatic heterocycles. The van der Waals surface area contributed by atoms with E-state index in [2.05, 4.69) is 6.07 Å². The molecule has 0 aliphatic carbocycles. The van der Waals surface area contributed by atoms with Crippen molar-refractivity contribution in [2.45, 2.75) is 6.61 Å². The first-order valence-corrected chi connectivity index (χ1v) is 6.29. The number of hydrogen-bond acceptors (Lipinski definition) is 2. The Morgan fingerprint density at radius 1 is 0.789 bits per heavy atom. The van der Waals surface area contributed by atoms with E-state index in [1.807, 2.05) is 36.4 Å². The van der Waals surface area contributed by atoms with E-state index in [1.54, 1.807) is 6.07 Å². The molecular formula is C17H12O2. The Hall–Kier alpha value is -2.32. The summed E-state index contributed by atoms with van der Waals surface area (Å²) in [5, 5.41) is 25.9. The highest BCUT2D eigenvalue weighted by Crippen LogP contribution is 2.39. The fourth-order valence-corrected chi connectivity index (χ4v) is 3.02. The van der Waals surface area contributed by atoms with Gasteiger partial charge in [-0.25, -0.2) is 0 Å². The first-order valence-electron chi connectivity index (χ1n) is 6.29. The van der Waals surface area contributed by atoms with Gasteiger partial charge in [0.15, 0.2) is 0 Å². The lowest BCUT2D eigenvalue weighted by Gasteiger charge is -2.14. The Morgan fingerprint density at radius 2 is 1.58 bits per heavy atom. The Labute approximate surface area is 109 Å². The third-order valence-electron chi connectivity index (χ3n) is 3.88. The quantitative estimate of drug-likeness (QED) is 0.503. The summed E-state index contributed by atoms with van der Waals surface area (Å²) in [6.07, 6.45) is 0. The maximum Gasteiger partial charge on any atom is 0.123 e. The zero-order valence-corrected chi connectivity index (χ0v) is 10.2. The molecule has 2 nitrogen and oxygen atoms in total. The third-order valence-corrected chi connectivity index (χ3v) is 3.88. The van der Waals surface area contributed by atoms with Crippen LogP contribution in [0, 0.1) is 0 Å². The molecule has 0 radical (unpaired) electrons. The normalized spacial score (nSPS) is 11.8. The second kappa shape index (κ2) is 3.59. The van der Waals surface area contributed by atoms with Gasteiger partial charge in [-0.15, -0.1) is 0 Å². The van der Waals surface area contributed by atoms with Crippen molar-refractivity contribution in [1.29, 1.82) is 0 Å². The standard InChI is InChI=1S/C17H12O2/c18-9-12-8-11-5-7-15(19)14-6-4-10-2-1-3-13(12)16(10)17(11)14/h1-8,18-19H,9H2. The van der Waals surface area contributed by atoms with Crippen LogP contribution in [-0.2, 0) is 6.61 Å². The van der Waals surface area contributed by atoms with Crippen LogP contribution < -0.4 is 0 Å². The second-order valence-electron chi connectivity index (χ2n) is 4.89. The molecule has 0 aliphatic rings. The summed E-state index contributed by atoms with van der Waals surface area (Å²) in [7, 11) is 0. The Bertz CT molecular complexity index is 909. The first kappa shape index (κ1) is 10.6. The van der Waals surface area contributed by atoms with E-state index in [1.165, 1.54) is 0 Å². The van der Waals surface area contributed by atoms with Gasteiger partial charge in [-0.05, 0) is 39.2 Å². The van der Waals surface area contributed by atoms with Crippen molar-refractivity contribution in [3.63, 3.8) is 0 Å². The van der Waals surface area contributed by atoms with Gasteiger partial charge in [0, 0.05) is 10.8 Å². The second-order valence-corrected chi connectivity index (χ2v) is 4.89. The molecule has 0 saturated carbocycles. The van der Waals surface area contributed by atoms with Crippen LogP contribution in [0.15, 0.2) is 48.5 Å². The summed E-state index contributed by atoms with van der Waals surface area (Å²) in [5.74, 6) is 0.302. The van der Waals surface area contributed by atoms with Gasteiger partial charge in [0.1, 0.15) is 5.75 Å². The fourth-order valence-electron chi connectivity index (χ4n) is 3.02. The molecule has 4 aromatic carbocycles. The number of hydrogen-bond donors (Lipinski definition) is 2. The van der Waals surface area contributed by atoms with Crippen molar-refractivity contribution in [3.05, 3.63) is 54.1 Å². The molecule has 0 amide bonds. The van der Waals surface area contributed by atoms with Crippen molar-refractivity contribution in [2.75, 3.05) is 0 Å². The maximum absolute atomic E-state index is 10.0. The molecule has 92 valence electrons. The smallest absolute Gasteiger partial charge is 0.123 e. The van der Waals surface area contributed by atoms with Gasteiger partial charge in [-0.3, -0.25) is 0 Å². The molecule has 2 N–H and O–H groups in total. The van der Waals surface area contributed by atoms with Gasteiger partial charge >= 0.3 is 0 Å². The van der Waals surface area contributed by atoms with Gasteiger partial charge in [0.05, 0.1) is 6.61 Å². The van der Waals surface area contributed by atoms with Crippen LogP contribution in [0.4, 0.5) is 0 Å². The molecule has 0 atom stereocenters. The van der Waals surface area contributed by atoms with Gasteiger partial charge < -0.3 is 10.2 Å². The molecule has 4 aromatic rings. The van der Waals surface area contributed by atoms with E-state index in [4.69, 9.17) is 0 Å². The fraction of sp³-hybridized carbons (Fsp3) is 0.0588. The number of phenolic OH excluding ortho intramolecular Hbond substituents is 1. The summed E-state index contributed by atoms with van der Waals surface area (Å²) in [6, 6.07) is 15.7. The molecule has 0 fully saturated rings. The highest BCUT2D eigenvalue weighted by atomic mass is 16.3. The van der Waals surface area contributed by atoms with Crippen molar-refractivity contribution in [2.24, 2.45) is 0 Å². The molecule has 4 rings (SSSR count). The lowest BCUT2D eigenvalue weighted by Crippen LogP contribution is -1.90. The van der Waals surface area contributed by atoms with Crippen molar-refractivity contribution in [3.8, 4) is 5.75 Å². The van der Waals surface area contributed by atoms with E-state index < -0.39 is 0 Å². The first-order chi connectivity index (χ1) is 9.29. The summed E-state index contributed by atoms with van der Waals surface area (Å²) in [4.78, 5) is 0. The predicted molar refractivity (Wildman–Crippen MR) is 77.7 cm³/mol. The number of aromatic hydroxyl groups is 1. The van der Waals surface area contributed by atoms with Gasteiger partial charge in [-0.1, -0.05) is 36.4 Å². The summed E-state index contributed by atoms with van der Waals surface area (Å²) < 4.78 is 0. The van der Waals surface area contributed by atoms with Crippen LogP contribution in [0.1, 0.15) is 5.56 Å². The molecular weight excluding hydrogens is 236 g/mol. The van der Waals surface area contributed by atoms with Crippen molar-refractivity contribution < 1.29 is 10.2 Å². The number of aliphatic hydroxyl groups excluding tert-OH is 1. The molecule has 0 heterocycles. The third kappa shape index (κ3) is 1.29. The van der Waals surface area contributed by atoms with E-state index in [9.17, 15) is 10.2 Å². The number of benzene rings is 4.